The molecule has 1 amide bonds. The first-order valence-electron chi connectivity index (χ1n) is 5.39. The molecule has 0 saturated carbocycles. The van der Waals surface area contributed by atoms with Crippen molar-refractivity contribution in [3.05, 3.63) is 42.5 Å². The second-order valence-corrected chi connectivity index (χ2v) is 4.01. The van der Waals surface area contributed by atoms with Crippen LogP contribution in [0.1, 0.15) is 0 Å². The minimum Gasteiger partial charge on any atom is -0.484 e. The predicted molar refractivity (Wildman–Crippen MR) is 67.0 cm³/mol. The fourth-order valence-corrected chi connectivity index (χ4v) is 1.47. The molecular weight excluding hydrogens is 214 g/mol. The van der Waals surface area contributed by atoms with E-state index in [2.05, 4.69) is 6.07 Å². The Kier molecular flexibility index (Phi) is 3.28. The monoisotopic (exact) mass is 228 g/mol. The third-order valence-corrected chi connectivity index (χ3v) is 2.52. The molecule has 1 radical (unpaired) electrons. The van der Waals surface area contributed by atoms with E-state index < -0.39 is 0 Å². The Bertz CT molecular complexity index is 534. The lowest BCUT2D eigenvalue weighted by Crippen LogP contribution is -2.27. The number of hydrogen-bond acceptors (Lipinski definition) is 2. The van der Waals surface area contributed by atoms with Crippen LogP contribution >= 0.6 is 0 Å². The molecule has 2 aromatic rings. The largest absolute Gasteiger partial charge is 0.484 e. The summed E-state index contributed by atoms with van der Waals surface area (Å²) in [6.07, 6.45) is 0. The normalized spacial score (nSPS) is 10.2. The second kappa shape index (κ2) is 4.87. The minimum atomic E-state index is -0.0512. The van der Waals surface area contributed by atoms with Crippen molar-refractivity contribution in [2.24, 2.45) is 0 Å². The van der Waals surface area contributed by atoms with E-state index in [0.717, 1.165) is 10.8 Å². The molecule has 2 rings (SSSR count). The first kappa shape index (κ1) is 11.5. The molecule has 3 heteroatoms. The number of fused-ring (bicyclic) bond motifs is 1. The van der Waals surface area contributed by atoms with Gasteiger partial charge in [0.2, 0.25) is 0 Å². The number of carbonyl (C=O) groups is 1. The third-order valence-electron chi connectivity index (χ3n) is 2.52. The van der Waals surface area contributed by atoms with Crippen LogP contribution in [0.5, 0.6) is 5.75 Å². The van der Waals surface area contributed by atoms with Gasteiger partial charge < -0.3 is 9.64 Å². The highest BCUT2D eigenvalue weighted by Crippen LogP contribution is 2.20. The molecule has 2 aromatic carbocycles. The Balaban J connectivity index is 2.12. The van der Waals surface area contributed by atoms with E-state index in [-0.39, 0.29) is 12.5 Å². The molecule has 0 fully saturated rings. The molecular formula is C14H14NO2. The Morgan fingerprint density at radius 2 is 2.12 bits per heavy atom. The van der Waals surface area contributed by atoms with Gasteiger partial charge in [-0.1, -0.05) is 18.2 Å². The maximum absolute atomic E-state index is 11.4. The lowest BCUT2D eigenvalue weighted by molar-refractivity contribution is -0.130. The van der Waals surface area contributed by atoms with Crippen molar-refractivity contribution in [1.29, 1.82) is 0 Å². The number of likely N-dealkylation sites (N-methyl/N-ethyl adjacent to an activating group) is 1. The van der Waals surface area contributed by atoms with Crippen LogP contribution in [0.3, 0.4) is 0 Å². The van der Waals surface area contributed by atoms with E-state index in [1.54, 1.807) is 14.1 Å². The van der Waals surface area contributed by atoms with Crippen molar-refractivity contribution in [3.8, 4) is 5.75 Å². The van der Waals surface area contributed by atoms with Crippen LogP contribution in [-0.2, 0) is 4.79 Å². The van der Waals surface area contributed by atoms with Crippen molar-refractivity contribution in [2.75, 3.05) is 20.7 Å². The fourth-order valence-electron chi connectivity index (χ4n) is 1.47. The summed E-state index contributed by atoms with van der Waals surface area (Å²) in [5, 5.41) is 2.19. The van der Waals surface area contributed by atoms with Gasteiger partial charge in [0.15, 0.2) is 6.61 Å². The van der Waals surface area contributed by atoms with Crippen molar-refractivity contribution >= 4 is 16.7 Å². The molecule has 0 atom stereocenters. The number of carbonyl (C=O) groups excluding carboxylic acids is 1. The van der Waals surface area contributed by atoms with E-state index in [9.17, 15) is 4.79 Å². The summed E-state index contributed by atoms with van der Waals surface area (Å²) in [6, 6.07) is 14.5. The zero-order valence-corrected chi connectivity index (χ0v) is 9.93. The summed E-state index contributed by atoms with van der Waals surface area (Å²) in [4.78, 5) is 12.9. The van der Waals surface area contributed by atoms with Crippen molar-refractivity contribution in [3.63, 3.8) is 0 Å². The van der Waals surface area contributed by atoms with Crippen LogP contribution in [-0.4, -0.2) is 31.5 Å². The lowest BCUT2D eigenvalue weighted by Gasteiger charge is -2.11. The number of nitrogens with zero attached hydrogens (tertiary/aromatic N) is 1. The van der Waals surface area contributed by atoms with Crippen molar-refractivity contribution in [2.45, 2.75) is 0 Å². The molecule has 3 nitrogen and oxygen atoms in total. The first-order chi connectivity index (χ1) is 8.16. The van der Waals surface area contributed by atoms with Crippen LogP contribution in [0.15, 0.2) is 36.4 Å². The van der Waals surface area contributed by atoms with Gasteiger partial charge in [0.1, 0.15) is 5.75 Å². The van der Waals surface area contributed by atoms with Gasteiger partial charge in [0, 0.05) is 14.1 Å². The van der Waals surface area contributed by atoms with Crippen LogP contribution in [0, 0.1) is 6.07 Å². The zero-order chi connectivity index (χ0) is 12.3. The van der Waals surface area contributed by atoms with Gasteiger partial charge in [-0.15, -0.1) is 0 Å². The smallest absolute Gasteiger partial charge is 0.259 e. The SMILES string of the molecule is CN(C)C(=O)COc1ccc2cc[c]cc2c1. The van der Waals surface area contributed by atoms with E-state index in [1.807, 2.05) is 36.4 Å². The van der Waals surface area contributed by atoms with Gasteiger partial charge in [-0.3, -0.25) is 4.79 Å². The highest BCUT2D eigenvalue weighted by molar-refractivity contribution is 5.83. The number of benzene rings is 2. The Labute approximate surface area is 101 Å². The van der Waals surface area contributed by atoms with Gasteiger partial charge in [0.25, 0.3) is 5.91 Å². The first-order valence-corrected chi connectivity index (χ1v) is 5.39. The molecule has 0 spiro atoms. The number of amides is 1. The second-order valence-electron chi connectivity index (χ2n) is 4.01. The summed E-state index contributed by atoms with van der Waals surface area (Å²) in [5.74, 6) is 0.650. The fraction of sp³-hybridized carbons (Fsp3) is 0.214. The van der Waals surface area contributed by atoms with E-state index in [1.165, 1.54) is 4.90 Å². The minimum absolute atomic E-state index is 0.0512. The maximum atomic E-state index is 11.4. The van der Waals surface area contributed by atoms with Crippen molar-refractivity contribution in [1.82, 2.24) is 4.90 Å². The molecule has 0 N–H and O–H groups in total. The molecule has 0 aromatic heterocycles. The molecule has 87 valence electrons. The molecule has 0 saturated heterocycles. The van der Waals surface area contributed by atoms with Gasteiger partial charge in [-0.2, -0.15) is 0 Å². The number of hydrogen-bond donors (Lipinski definition) is 0. The summed E-state index contributed by atoms with van der Waals surface area (Å²) >= 11 is 0. The van der Waals surface area contributed by atoms with E-state index >= 15 is 0 Å². The number of rotatable bonds is 3. The Morgan fingerprint density at radius 3 is 2.88 bits per heavy atom. The highest BCUT2D eigenvalue weighted by atomic mass is 16.5. The van der Waals surface area contributed by atoms with Crippen LogP contribution in [0.25, 0.3) is 10.8 Å². The average molecular weight is 228 g/mol. The Hall–Kier alpha value is -2.03. The van der Waals surface area contributed by atoms with Gasteiger partial charge in [-0.05, 0) is 35.0 Å². The average Bonchev–Trinajstić information content (AvgIpc) is 2.35. The molecule has 0 aliphatic carbocycles. The van der Waals surface area contributed by atoms with E-state index in [0.29, 0.717) is 5.75 Å². The van der Waals surface area contributed by atoms with E-state index in [4.69, 9.17) is 4.74 Å². The summed E-state index contributed by atoms with van der Waals surface area (Å²) in [7, 11) is 3.42. The zero-order valence-electron chi connectivity index (χ0n) is 9.93. The van der Waals surface area contributed by atoms with Gasteiger partial charge in [0.05, 0.1) is 0 Å². The highest BCUT2D eigenvalue weighted by Gasteiger charge is 2.04. The van der Waals surface area contributed by atoms with Gasteiger partial charge in [-0.25, -0.2) is 0 Å². The standard InChI is InChI=1S/C14H14NO2/c1-15(2)14(16)10-17-13-8-7-11-5-3-4-6-12(11)9-13/h3,5-9H,10H2,1-2H3. The summed E-state index contributed by atoms with van der Waals surface area (Å²) < 4.78 is 5.43. The van der Waals surface area contributed by atoms with Crippen molar-refractivity contribution < 1.29 is 9.53 Å². The third kappa shape index (κ3) is 2.75. The molecule has 0 bridgehead atoms. The van der Waals surface area contributed by atoms with Crippen LogP contribution < -0.4 is 4.74 Å². The predicted octanol–water partition coefficient (Wildman–Crippen LogP) is 2.11. The van der Waals surface area contributed by atoms with Crippen LogP contribution in [0.2, 0.25) is 0 Å². The van der Waals surface area contributed by atoms with Gasteiger partial charge >= 0.3 is 0 Å². The number of ether oxygens (including phenoxy) is 1. The lowest BCUT2D eigenvalue weighted by atomic mass is 10.1. The summed E-state index contributed by atoms with van der Waals surface area (Å²) in [6.45, 7) is 0.0645. The molecule has 0 unspecified atom stereocenters. The molecule has 0 aliphatic rings. The van der Waals surface area contributed by atoms with Crippen LogP contribution in [0.4, 0.5) is 0 Å². The molecule has 0 aliphatic heterocycles. The Morgan fingerprint density at radius 1 is 1.29 bits per heavy atom. The molecule has 0 heterocycles. The maximum Gasteiger partial charge on any atom is 0.259 e. The summed E-state index contributed by atoms with van der Waals surface area (Å²) in [5.41, 5.74) is 0. The topological polar surface area (TPSA) is 29.5 Å². The molecule has 17 heavy (non-hydrogen) atoms. The quantitative estimate of drug-likeness (QED) is 0.805.